The quantitative estimate of drug-likeness (QED) is 0.0282. The maximum Gasteiger partial charge on any atom is 0.315 e. The first-order chi connectivity index (χ1) is 27.2. The van der Waals surface area contributed by atoms with E-state index in [-0.39, 0.29) is 55.3 Å². The molecule has 17 nitrogen and oxygen atoms in total. The second kappa shape index (κ2) is 25.1. The van der Waals surface area contributed by atoms with E-state index in [1.807, 2.05) is 36.0 Å². The average molecular weight is 819 g/mol. The van der Waals surface area contributed by atoms with E-state index in [9.17, 15) is 28.8 Å². The molecule has 4 rings (SSSR count). The van der Waals surface area contributed by atoms with Crippen molar-refractivity contribution in [2.45, 2.75) is 68.8 Å². The van der Waals surface area contributed by atoms with Crippen molar-refractivity contribution < 1.29 is 43.0 Å². The Morgan fingerprint density at radius 2 is 1.38 bits per heavy atom. The summed E-state index contributed by atoms with van der Waals surface area (Å²) in [6.07, 6.45) is 6.93. The molecule has 3 aliphatic heterocycles. The van der Waals surface area contributed by atoms with Crippen molar-refractivity contribution in [1.29, 1.82) is 0 Å². The van der Waals surface area contributed by atoms with Crippen molar-refractivity contribution in [3.05, 3.63) is 42.0 Å². The van der Waals surface area contributed by atoms with Crippen LogP contribution < -0.4 is 37.2 Å². The monoisotopic (exact) mass is 818 g/mol. The lowest BCUT2D eigenvalue weighted by Crippen LogP contribution is -2.39. The second-order valence-electron chi connectivity index (χ2n) is 13.3. The number of benzene rings is 1. The van der Waals surface area contributed by atoms with E-state index >= 15 is 0 Å². The molecule has 7 N–H and O–H groups in total. The Labute approximate surface area is 336 Å². The number of nitrogens with zero attached hydrogens (tertiary/aromatic N) is 1. The minimum atomic E-state index is -0.398. The highest BCUT2D eigenvalue weighted by molar-refractivity contribution is 8.00. The number of thioether (sulfide) groups is 1. The molecule has 56 heavy (non-hydrogen) atoms. The van der Waals surface area contributed by atoms with Crippen LogP contribution in [0, 0.1) is 0 Å². The number of anilines is 1. The van der Waals surface area contributed by atoms with Gasteiger partial charge < -0.3 is 51.4 Å². The Hall–Kier alpha value is -4.30. The SMILES string of the molecule is O=C(CCN1C(=O)C=CC1=O)NCCCOCCOCCOCCCNC(=O)CNC(=S)Nc1ccc(CNC(=O)CCCC[C@@H]2SC[C@@H]3NC(=O)N[C@@H]32)cc1. The fourth-order valence-corrected chi connectivity index (χ4v) is 7.70. The summed E-state index contributed by atoms with van der Waals surface area (Å²) in [4.78, 5) is 71.9. The van der Waals surface area contributed by atoms with E-state index in [1.165, 1.54) is 12.2 Å². The van der Waals surface area contributed by atoms with Crippen LogP contribution in [0.4, 0.5) is 10.5 Å². The molecule has 3 heterocycles. The van der Waals surface area contributed by atoms with Gasteiger partial charge in [0, 0.05) is 81.1 Å². The number of ether oxygens (including phenoxy) is 3. The number of hydrogen-bond donors (Lipinski definition) is 7. The number of carbonyl (C=O) groups excluding carboxylic acids is 6. The third kappa shape index (κ3) is 16.8. The van der Waals surface area contributed by atoms with Crippen LogP contribution in [-0.2, 0) is 44.7 Å². The Morgan fingerprint density at radius 1 is 0.750 bits per heavy atom. The largest absolute Gasteiger partial charge is 0.379 e. The fourth-order valence-electron chi connectivity index (χ4n) is 5.97. The number of imide groups is 1. The molecule has 308 valence electrons. The molecule has 2 saturated heterocycles. The van der Waals surface area contributed by atoms with Gasteiger partial charge in [-0.15, -0.1) is 0 Å². The van der Waals surface area contributed by atoms with E-state index in [0.717, 1.165) is 41.2 Å². The van der Waals surface area contributed by atoms with Gasteiger partial charge in [-0.1, -0.05) is 18.6 Å². The predicted octanol–water partition coefficient (Wildman–Crippen LogP) is 0.693. The summed E-state index contributed by atoms with van der Waals surface area (Å²) in [5.41, 5.74) is 1.72. The first kappa shape index (κ1) is 44.4. The Kier molecular flexibility index (Phi) is 19.9. The molecule has 3 atom stereocenters. The van der Waals surface area contributed by atoms with Crippen LogP contribution in [0.2, 0.25) is 0 Å². The number of carbonyl (C=O) groups is 6. The van der Waals surface area contributed by atoms with Gasteiger partial charge in [0.2, 0.25) is 17.7 Å². The third-order valence-corrected chi connectivity index (χ3v) is 10.7. The lowest BCUT2D eigenvalue weighted by molar-refractivity contribution is -0.137. The molecule has 1 aromatic carbocycles. The first-order valence-corrected chi connectivity index (χ1v) is 20.5. The van der Waals surface area contributed by atoms with Crippen LogP contribution in [0.1, 0.15) is 50.5 Å². The summed E-state index contributed by atoms with van der Waals surface area (Å²) in [6.45, 7) is 4.02. The summed E-state index contributed by atoms with van der Waals surface area (Å²) in [5.74, 6) is -0.264. The van der Waals surface area contributed by atoms with Crippen LogP contribution >= 0.6 is 24.0 Å². The molecule has 19 heteroatoms. The molecule has 1 aromatic rings. The minimum absolute atomic E-state index is 0.0155. The van der Waals surface area contributed by atoms with Crippen LogP contribution in [-0.4, -0.2) is 134 Å². The maximum atomic E-state index is 12.3. The molecule has 7 amide bonds. The predicted molar refractivity (Wildman–Crippen MR) is 215 cm³/mol. The number of nitrogens with one attached hydrogen (secondary N) is 7. The molecular formula is C37H54N8O9S2. The zero-order valence-corrected chi connectivity index (χ0v) is 33.2. The fraction of sp³-hybridized carbons (Fsp3) is 0.595. The minimum Gasteiger partial charge on any atom is -0.379 e. The molecule has 0 unspecified atom stereocenters. The lowest BCUT2D eigenvalue weighted by Gasteiger charge is -2.16. The van der Waals surface area contributed by atoms with Gasteiger partial charge in [-0.25, -0.2) is 4.79 Å². The molecule has 0 spiro atoms. The summed E-state index contributed by atoms with van der Waals surface area (Å²) >= 11 is 7.20. The van der Waals surface area contributed by atoms with Crippen molar-refractivity contribution >= 4 is 70.3 Å². The lowest BCUT2D eigenvalue weighted by atomic mass is 10.0. The number of urea groups is 1. The summed E-state index contributed by atoms with van der Waals surface area (Å²) in [5, 5.41) is 21.1. The highest BCUT2D eigenvalue weighted by Gasteiger charge is 2.42. The number of amides is 7. The summed E-state index contributed by atoms with van der Waals surface area (Å²) in [6, 6.07) is 7.87. The maximum absolute atomic E-state index is 12.3. The van der Waals surface area contributed by atoms with E-state index in [4.69, 9.17) is 26.4 Å². The van der Waals surface area contributed by atoms with E-state index in [1.54, 1.807) is 0 Å². The average Bonchev–Trinajstić information content (AvgIpc) is 3.85. The van der Waals surface area contributed by atoms with Gasteiger partial charge in [-0.3, -0.25) is 28.9 Å². The molecule has 0 saturated carbocycles. The number of unbranched alkanes of at least 4 members (excludes halogenated alkanes) is 1. The molecular weight excluding hydrogens is 765 g/mol. The standard InChI is InChI=1S/C37H54N8O9S2/c46-30(6-2-1-5-29-35-28(25-56-29)43-36(51)44-35)40-23-26-7-9-27(10-8-26)42-37(55)41-24-32(48)39-15-4-18-53-20-22-54-21-19-52-17-3-14-38-31(47)13-16-45-33(49)11-12-34(45)50/h7-12,28-29,35H,1-6,13-25H2,(H,38,47)(H,39,48)(H,40,46)(H2,41,42,55)(H2,43,44,51)/t28-,29-,35-/m0/s1. The molecule has 3 aliphatic rings. The van der Waals surface area contributed by atoms with Gasteiger partial charge in [0.1, 0.15) is 0 Å². The van der Waals surface area contributed by atoms with Crippen LogP contribution in [0.15, 0.2) is 36.4 Å². The number of fused-ring (bicyclic) bond motifs is 1. The van der Waals surface area contributed by atoms with Crippen molar-refractivity contribution in [2.75, 3.05) is 76.9 Å². The molecule has 0 aromatic heterocycles. The molecule has 0 bridgehead atoms. The van der Waals surface area contributed by atoms with E-state index in [2.05, 4.69) is 37.2 Å². The third-order valence-electron chi connectivity index (χ3n) is 8.97. The number of hydrogen-bond acceptors (Lipinski definition) is 11. The van der Waals surface area contributed by atoms with Gasteiger partial charge >= 0.3 is 6.03 Å². The highest BCUT2D eigenvalue weighted by Crippen LogP contribution is 2.33. The number of rotatable bonds is 27. The Morgan fingerprint density at radius 3 is 2.05 bits per heavy atom. The highest BCUT2D eigenvalue weighted by atomic mass is 32.2. The van der Waals surface area contributed by atoms with Gasteiger partial charge in [0.15, 0.2) is 5.11 Å². The van der Waals surface area contributed by atoms with Gasteiger partial charge in [0.25, 0.3) is 11.8 Å². The van der Waals surface area contributed by atoms with Crippen LogP contribution in [0.25, 0.3) is 0 Å². The van der Waals surface area contributed by atoms with Gasteiger partial charge in [-0.2, -0.15) is 11.8 Å². The summed E-state index contributed by atoms with van der Waals surface area (Å²) in [7, 11) is 0. The van der Waals surface area contributed by atoms with Crippen LogP contribution in [0.5, 0.6) is 0 Å². The van der Waals surface area contributed by atoms with E-state index < -0.39 is 11.8 Å². The van der Waals surface area contributed by atoms with Crippen molar-refractivity contribution in [2.24, 2.45) is 0 Å². The van der Waals surface area contributed by atoms with Crippen molar-refractivity contribution in [1.82, 2.24) is 36.8 Å². The topological polar surface area (TPSA) is 218 Å². The summed E-state index contributed by atoms with van der Waals surface area (Å²) < 4.78 is 16.5. The normalized spacial score (nSPS) is 18.3. The van der Waals surface area contributed by atoms with Gasteiger partial charge in [0.05, 0.1) is 45.1 Å². The van der Waals surface area contributed by atoms with Gasteiger partial charge in [-0.05, 0) is 55.6 Å². The number of thiocarbonyl (C=S) groups is 1. The smallest absolute Gasteiger partial charge is 0.315 e. The molecule has 0 aliphatic carbocycles. The zero-order chi connectivity index (χ0) is 40.0. The van der Waals surface area contributed by atoms with Crippen molar-refractivity contribution in [3.63, 3.8) is 0 Å². The second-order valence-corrected chi connectivity index (χ2v) is 15.0. The van der Waals surface area contributed by atoms with Crippen molar-refractivity contribution in [3.8, 4) is 0 Å². The Balaban J connectivity index is 0.880. The Bertz CT molecular complexity index is 1500. The van der Waals surface area contributed by atoms with E-state index in [0.29, 0.717) is 88.9 Å². The molecule has 2 fully saturated rings. The molecule has 0 radical (unpaired) electrons. The van der Waals surface area contributed by atoms with Crippen LogP contribution in [0.3, 0.4) is 0 Å². The first-order valence-electron chi connectivity index (χ1n) is 19.1. The zero-order valence-electron chi connectivity index (χ0n) is 31.6.